The van der Waals surface area contributed by atoms with Crippen molar-refractivity contribution in [3.63, 3.8) is 0 Å². The van der Waals surface area contributed by atoms with Gasteiger partial charge in [-0.3, -0.25) is 37.3 Å². The van der Waals surface area contributed by atoms with E-state index >= 15 is 0 Å². The summed E-state index contributed by atoms with van der Waals surface area (Å²) < 4.78 is 68.0. The lowest BCUT2D eigenvalue weighted by atomic mass is 10.00. The number of hydrogen-bond acceptors (Lipinski definition) is 15. The van der Waals surface area contributed by atoms with Crippen molar-refractivity contribution in [1.82, 2.24) is 0 Å². The van der Waals surface area contributed by atoms with E-state index in [1.54, 1.807) is 0 Å². The van der Waals surface area contributed by atoms with Gasteiger partial charge in [-0.25, -0.2) is 9.13 Å². The molecule has 0 saturated heterocycles. The molecule has 504 valence electrons. The minimum Gasteiger partial charge on any atom is -0.462 e. The highest BCUT2D eigenvalue weighted by Crippen LogP contribution is 2.45. The van der Waals surface area contributed by atoms with Crippen LogP contribution < -0.4 is 0 Å². The Morgan fingerprint density at radius 2 is 0.565 bits per heavy atom. The Hall–Kier alpha value is -1.94. The highest BCUT2D eigenvalue weighted by Gasteiger charge is 2.30. The second kappa shape index (κ2) is 56.1. The van der Waals surface area contributed by atoms with E-state index in [0.29, 0.717) is 37.5 Å². The van der Waals surface area contributed by atoms with Gasteiger partial charge in [-0.1, -0.05) is 267 Å². The number of ether oxygens (including phenoxy) is 4. The van der Waals surface area contributed by atoms with E-state index < -0.39 is 97.5 Å². The molecule has 3 unspecified atom stereocenters. The largest absolute Gasteiger partial charge is 0.472 e. The molecule has 19 heteroatoms. The van der Waals surface area contributed by atoms with Crippen LogP contribution in [0.4, 0.5) is 0 Å². The minimum atomic E-state index is -4.95. The summed E-state index contributed by atoms with van der Waals surface area (Å²) in [6.45, 7) is 13.9. The van der Waals surface area contributed by atoms with Crippen LogP contribution in [0.25, 0.3) is 0 Å². The van der Waals surface area contributed by atoms with Crippen LogP contribution in [0, 0.1) is 23.7 Å². The summed E-state index contributed by atoms with van der Waals surface area (Å²) in [5.41, 5.74) is 0. The van der Waals surface area contributed by atoms with Crippen LogP contribution in [0.15, 0.2) is 0 Å². The van der Waals surface area contributed by atoms with Crippen molar-refractivity contribution in [2.45, 2.75) is 337 Å². The van der Waals surface area contributed by atoms with Crippen LogP contribution in [-0.2, 0) is 65.4 Å². The third-order valence-electron chi connectivity index (χ3n) is 15.4. The Labute approximate surface area is 517 Å². The van der Waals surface area contributed by atoms with E-state index in [1.807, 2.05) is 0 Å². The molecule has 0 aromatic heterocycles. The molecule has 0 saturated carbocycles. The number of aliphatic hydroxyl groups is 1. The quantitative estimate of drug-likeness (QED) is 0.0222. The second-order valence-electron chi connectivity index (χ2n) is 25.5. The first-order valence-electron chi connectivity index (χ1n) is 34.2. The lowest BCUT2D eigenvalue weighted by molar-refractivity contribution is -0.161. The van der Waals surface area contributed by atoms with Gasteiger partial charge in [-0.2, -0.15) is 0 Å². The fraction of sp³-hybridized carbons (Fsp3) is 0.939. The van der Waals surface area contributed by atoms with E-state index in [0.717, 1.165) is 115 Å². The maximum Gasteiger partial charge on any atom is 0.472 e. The summed E-state index contributed by atoms with van der Waals surface area (Å²) in [5, 5.41) is 10.5. The van der Waals surface area contributed by atoms with Crippen LogP contribution in [-0.4, -0.2) is 96.7 Å². The predicted molar refractivity (Wildman–Crippen MR) is 340 cm³/mol. The van der Waals surface area contributed by atoms with Crippen LogP contribution in [0.1, 0.15) is 319 Å². The van der Waals surface area contributed by atoms with E-state index in [1.165, 1.54) is 109 Å². The molecule has 0 aliphatic heterocycles. The molecule has 0 aromatic carbocycles. The molecule has 0 spiro atoms. The summed E-state index contributed by atoms with van der Waals surface area (Å²) in [7, 11) is -9.89. The van der Waals surface area contributed by atoms with E-state index in [9.17, 15) is 43.2 Å². The van der Waals surface area contributed by atoms with Gasteiger partial charge in [-0.05, 0) is 49.4 Å². The highest BCUT2D eigenvalue weighted by molar-refractivity contribution is 7.47. The van der Waals surface area contributed by atoms with E-state index in [-0.39, 0.29) is 25.7 Å². The Morgan fingerprint density at radius 3 is 0.835 bits per heavy atom. The summed E-state index contributed by atoms with van der Waals surface area (Å²) in [6.07, 6.45) is 36.6. The fourth-order valence-corrected chi connectivity index (χ4v) is 11.3. The molecule has 17 nitrogen and oxygen atoms in total. The van der Waals surface area contributed by atoms with Gasteiger partial charge in [0.1, 0.15) is 19.3 Å². The van der Waals surface area contributed by atoms with Crippen molar-refractivity contribution < 1.29 is 80.2 Å². The number of esters is 4. The zero-order valence-corrected chi connectivity index (χ0v) is 57.0. The van der Waals surface area contributed by atoms with Gasteiger partial charge < -0.3 is 33.8 Å². The first-order valence-corrected chi connectivity index (χ1v) is 37.2. The van der Waals surface area contributed by atoms with Gasteiger partial charge in [-0.15, -0.1) is 0 Å². The number of rotatable bonds is 63. The summed E-state index contributed by atoms with van der Waals surface area (Å²) in [4.78, 5) is 72.2. The van der Waals surface area contributed by atoms with Crippen molar-refractivity contribution >= 4 is 39.5 Å². The van der Waals surface area contributed by atoms with Gasteiger partial charge in [0.05, 0.1) is 26.4 Å². The lowest BCUT2D eigenvalue weighted by Crippen LogP contribution is -2.30. The Balaban J connectivity index is 5.20. The summed E-state index contributed by atoms with van der Waals surface area (Å²) in [5.74, 6) is 0.733. The SMILES string of the molecule is CCC(C)CCCCCCCCC(=O)OC[C@H](COP(=O)(O)OC[C@@H](O)COP(=O)(O)OC[C@@H](COC(=O)CCCCCCCCC(C)C)OC(=O)CCCCCCCCCCCCCCCCC(C)C)OC(=O)CCCCCCCCC(C)C. The third kappa shape index (κ3) is 59.5. The molecule has 0 radical (unpaired) electrons. The number of unbranched alkanes of at least 4 members (excludes halogenated alkanes) is 28. The molecule has 0 aliphatic carbocycles. The predicted octanol–water partition coefficient (Wildman–Crippen LogP) is 18.1. The van der Waals surface area contributed by atoms with Gasteiger partial charge in [0, 0.05) is 25.7 Å². The van der Waals surface area contributed by atoms with Crippen LogP contribution in [0.3, 0.4) is 0 Å². The smallest absolute Gasteiger partial charge is 0.462 e. The number of hydrogen-bond donors (Lipinski definition) is 3. The zero-order chi connectivity index (χ0) is 63.2. The van der Waals surface area contributed by atoms with Crippen molar-refractivity contribution in [3.8, 4) is 0 Å². The molecule has 0 aliphatic rings. The Bertz CT molecular complexity index is 1700. The van der Waals surface area contributed by atoms with Gasteiger partial charge in [0.2, 0.25) is 0 Å². The van der Waals surface area contributed by atoms with Crippen LogP contribution in [0.2, 0.25) is 0 Å². The second-order valence-corrected chi connectivity index (χ2v) is 28.4. The van der Waals surface area contributed by atoms with Crippen molar-refractivity contribution in [2.24, 2.45) is 23.7 Å². The average Bonchev–Trinajstić information content (AvgIpc) is 3.58. The maximum atomic E-state index is 13.0. The monoisotopic (exact) mass is 1250 g/mol. The van der Waals surface area contributed by atoms with E-state index in [4.69, 9.17) is 37.0 Å². The average molecular weight is 1260 g/mol. The first kappa shape index (κ1) is 83.1. The fourth-order valence-electron chi connectivity index (χ4n) is 9.75. The standard InChI is InChI=1S/C66H128O17P2/c1-9-59(8)45-37-29-22-25-31-39-47-64(69)77-53-62(83-66(71)49-41-33-24-21-28-36-44-58(6)7)55-81-85(74,75)79-51-60(67)50-78-84(72,73)80-54-61(52-76-63(68)46-38-30-23-20-27-35-43-57(4)5)82-65(70)48-40-32-19-17-15-13-11-10-12-14-16-18-26-34-42-56(2)3/h56-62,67H,9-55H2,1-8H3,(H,72,73)(H,74,75)/t59?,60-,61+,62+/m0/s1. The molecular formula is C66H128O17P2. The number of carbonyl (C=O) groups is 4. The Kier molecular flexibility index (Phi) is 54.8. The molecule has 0 fully saturated rings. The molecule has 3 N–H and O–H groups in total. The molecule has 85 heavy (non-hydrogen) atoms. The summed E-state index contributed by atoms with van der Waals surface area (Å²) >= 11 is 0. The van der Waals surface area contributed by atoms with Crippen molar-refractivity contribution in [3.05, 3.63) is 0 Å². The van der Waals surface area contributed by atoms with Gasteiger partial charge in [0.15, 0.2) is 12.2 Å². The number of carbonyl (C=O) groups excluding carboxylic acids is 4. The topological polar surface area (TPSA) is 237 Å². The number of phosphoric ester groups is 2. The minimum absolute atomic E-state index is 0.101. The lowest BCUT2D eigenvalue weighted by Gasteiger charge is -2.21. The molecule has 0 aromatic rings. The van der Waals surface area contributed by atoms with Crippen molar-refractivity contribution in [2.75, 3.05) is 39.6 Å². The normalized spacial score (nSPS) is 14.7. The zero-order valence-electron chi connectivity index (χ0n) is 55.2. The maximum absolute atomic E-state index is 13.0. The van der Waals surface area contributed by atoms with Crippen LogP contribution in [0.5, 0.6) is 0 Å². The van der Waals surface area contributed by atoms with Gasteiger partial charge >= 0.3 is 39.5 Å². The van der Waals surface area contributed by atoms with Gasteiger partial charge in [0.25, 0.3) is 0 Å². The number of aliphatic hydroxyl groups excluding tert-OH is 1. The van der Waals surface area contributed by atoms with E-state index in [2.05, 4.69) is 55.4 Å². The Morgan fingerprint density at radius 1 is 0.329 bits per heavy atom. The van der Waals surface area contributed by atoms with Crippen LogP contribution >= 0.6 is 15.6 Å². The van der Waals surface area contributed by atoms with Crippen molar-refractivity contribution in [1.29, 1.82) is 0 Å². The summed E-state index contributed by atoms with van der Waals surface area (Å²) in [6, 6.07) is 0. The number of phosphoric acid groups is 2. The highest BCUT2D eigenvalue weighted by atomic mass is 31.2. The molecule has 0 rings (SSSR count). The molecule has 0 amide bonds. The third-order valence-corrected chi connectivity index (χ3v) is 17.3. The molecule has 0 bridgehead atoms. The molecular weight excluding hydrogens is 1130 g/mol. The first-order chi connectivity index (χ1) is 40.6. The molecule has 0 heterocycles. The molecule has 6 atom stereocenters.